The number of pyridine rings is 1. The van der Waals surface area contributed by atoms with Gasteiger partial charge in [-0.2, -0.15) is 0 Å². The Labute approximate surface area is 89.3 Å². The fourth-order valence-corrected chi connectivity index (χ4v) is 1.38. The van der Waals surface area contributed by atoms with Gasteiger partial charge in [-0.25, -0.2) is 4.79 Å². The number of hydrogen-bond donors (Lipinski definition) is 2. The van der Waals surface area contributed by atoms with Crippen LogP contribution in [0.25, 0.3) is 0 Å². The fraction of sp³-hybridized carbons (Fsp3) is 0.455. The first kappa shape index (κ1) is 11.5. The normalized spacial score (nSPS) is 12.1. The van der Waals surface area contributed by atoms with Crippen molar-refractivity contribution in [1.82, 2.24) is 4.98 Å². The van der Waals surface area contributed by atoms with E-state index in [2.05, 4.69) is 10.3 Å². The number of nitrogens with zero attached hydrogens (tertiary/aromatic N) is 1. The van der Waals surface area contributed by atoms with Gasteiger partial charge in [-0.05, 0) is 25.5 Å². The first-order chi connectivity index (χ1) is 7.13. The highest BCUT2D eigenvalue weighted by Crippen LogP contribution is 2.11. The van der Waals surface area contributed by atoms with Crippen LogP contribution in [0, 0.1) is 6.92 Å². The van der Waals surface area contributed by atoms with Crippen LogP contribution in [0.15, 0.2) is 18.3 Å². The van der Waals surface area contributed by atoms with Gasteiger partial charge in [0.05, 0.1) is 0 Å². The molecule has 1 atom stereocenters. The molecule has 0 bridgehead atoms. The largest absolute Gasteiger partial charge is 0.480 e. The van der Waals surface area contributed by atoms with Gasteiger partial charge < -0.3 is 10.4 Å². The van der Waals surface area contributed by atoms with Crippen molar-refractivity contribution in [3.8, 4) is 0 Å². The zero-order chi connectivity index (χ0) is 11.3. The molecule has 0 aliphatic rings. The van der Waals surface area contributed by atoms with Gasteiger partial charge in [0, 0.05) is 17.6 Å². The molecule has 0 saturated carbocycles. The Hall–Kier alpha value is -1.58. The lowest BCUT2D eigenvalue weighted by molar-refractivity contribution is -0.138. The van der Waals surface area contributed by atoms with Crippen LogP contribution >= 0.6 is 0 Å². The van der Waals surface area contributed by atoms with Crippen LogP contribution in [0.4, 0.5) is 5.69 Å². The van der Waals surface area contributed by atoms with Crippen LogP contribution in [-0.2, 0) is 4.79 Å². The minimum atomic E-state index is -0.814. The zero-order valence-electron chi connectivity index (χ0n) is 9.03. The molecule has 15 heavy (non-hydrogen) atoms. The number of carboxylic acid groups (broad SMARTS) is 1. The molecular formula is C11H16N2O2. The minimum Gasteiger partial charge on any atom is -0.480 e. The number of nitrogens with one attached hydrogen (secondary N) is 1. The second kappa shape index (κ2) is 5.34. The van der Waals surface area contributed by atoms with E-state index in [1.165, 1.54) is 0 Å². The summed E-state index contributed by atoms with van der Waals surface area (Å²) in [6.07, 6.45) is 3.13. The maximum absolute atomic E-state index is 10.9. The molecule has 82 valence electrons. The monoisotopic (exact) mass is 208 g/mol. The summed E-state index contributed by atoms with van der Waals surface area (Å²) in [6.45, 7) is 3.84. The van der Waals surface area contributed by atoms with Crippen LogP contribution in [0.3, 0.4) is 0 Å². The standard InChI is InChI=1S/C11H16N2O2/c1-3-4-10(11(14)15)13-9-5-6-12-8(2)7-9/h5-7,10H,3-4H2,1-2H3,(H,12,13)(H,14,15). The van der Waals surface area contributed by atoms with Gasteiger partial charge in [0.1, 0.15) is 6.04 Å². The number of aryl methyl sites for hydroxylation is 1. The number of carbonyl (C=O) groups is 1. The average molecular weight is 208 g/mol. The van der Waals surface area contributed by atoms with Crippen LogP contribution in [-0.4, -0.2) is 22.1 Å². The molecule has 4 nitrogen and oxygen atoms in total. The van der Waals surface area contributed by atoms with E-state index in [1.807, 2.05) is 19.9 Å². The molecule has 1 aromatic heterocycles. The van der Waals surface area contributed by atoms with E-state index in [1.54, 1.807) is 12.3 Å². The third kappa shape index (κ3) is 3.58. The second-order valence-corrected chi connectivity index (χ2v) is 3.51. The molecule has 1 rings (SSSR count). The molecule has 0 aliphatic carbocycles. The number of rotatable bonds is 5. The fourth-order valence-electron chi connectivity index (χ4n) is 1.38. The summed E-state index contributed by atoms with van der Waals surface area (Å²) in [7, 11) is 0. The smallest absolute Gasteiger partial charge is 0.326 e. The van der Waals surface area contributed by atoms with E-state index < -0.39 is 12.0 Å². The first-order valence-corrected chi connectivity index (χ1v) is 5.05. The van der Waals surface area contributed by atoms with E-state index in [0.29, 0.717) is 6.42 Å². The molecule has 0 aromatic carbocycles. The molecule has 1 aromatic rings. The Morgan fingerprint density at radius 2 is 2.40 bits per heavy atom. The predicted octanol–water partition coefficient (Wildman–Crippen LogP) is 2.06. The maximum atomic E-state index is 10.9. The van der Waals surface area contributed by atoms with Crippen molar-refractivity contribution in [1.29, 1.82) is 0 Å². The third-order valence-electron chi connectivity index (χ3n) is 2.11. The highest BCUT2D eigenvalue weighted by atomic mass is 16.4. The van der Waals surface area contributed by atoms with Crippen molar-refractivity contribution < 1.29 is 9.90 Å². The topological polar surface area (TPSA) is 62.2 Å². The Balaban J connectivity index is 2.69. The SMILES string of the molecule is CCCC(Nc1ccnc(C)c1)C(=O)O. The van der Waals surface area contributed by atoms with Crippen molar-refractivity contribution >= 4 is 11.7 Å². The van der Waals surface area contributed by atoms with E-state index >= 15 is 0 Å². The summed E-state index contributed by atoms with van der Waals surface area (Å²) in [5, 5.41) is 11.9. The summed E-state index contributed by atoms with van der Waals surface area (Å²) in [4.78, 5) is 15.0. The van der Waals surface area contributed by atoms with Gasteiger partial charge in [-0.3, -0.25) is 4.98 Å². The highest BCUT2D eigenvalue weighted by Gasteiger charge is 2.15. The molecule has 4 heteroatoms. The van der Waals surface area contributed by atoms with Crippen molar-refractivity contribution in [2.75, 3.05) is 5.32 Å². The van der Waals surface area contributed by atoms with Gasteiger partial charge >= 0.3 is 5.97 Å². The van der Waals surface area contributed by atoms with Crippen LogP contribution in [0.2, 0.25) is 0 Å². The molecule has 0 radical (unpaired) electrons. The minimum absolute atomic E-state index is 0.517. The van der Waals surface area contributed by atoms with Gasteiger partial charge in [0.25, 0.3) is 0 Å². The quantitative estimate of drug-likeness (QED) is 0.777. The van der Waals surface area contributed by atoms with E-state index in [0.717, 1.165) is 17.8 Å². The molecule has 2 N–H and O–H groups in total. The van der Waals surface area contributed by atoms with Crippen molar-refractivity contribution in [3.63, 3.8) is 0 Å². The van der Waals surface area contributed by atoms with Crippen LogP contribution in [0.1, 0.15) is 25.5 Å². The van der Waals surface area contributed by atoms with E-state index in [9.17, 15) is 4.79 Å². The Morgan fingerprint density at radius 1 is 1.67 bits per heavy atom. The number of carboxylic acids is 1. The van der Waals surface area contributed by atoms with Crippen LogP contribution < -0.4 is 5.32 Å². The second-order valence-electron chi connectivity index (χ2n) is 3.51. The average Bonchev–Trinajstić information content (AvgIpc) is 2.17. The number of anilines is 1. The van der Waals surface area contributed by atoms with E-state index in [-0.39, 0.29) is 0 Å². The third-order valence-corrected chi connectivity index (χ3v) is 2.11. The summed E-state index contributed by atoms with van der Waals surface area (Å²) in [5.74, 6) is -0.814. The lowest BCUT2D eigenvalue weighted by atomic mass is 10.1. The molecular weight excluding hydrogens is 192 g/mol. The zero-order valence-corrected chi connectivity index (χ0v) is 9.03. The van der Waals surface area contributed by atoms with Gasteiger partial charge in [0.15, 0.2) is 0 Å². The van der Waals surface area contributed by atoms with Gasteiger partial charge in [-0.1, -0.05) is 13.3 Å². The van der Waals surface area contributed by atoms with Gasteiger partial charge in [-0.15, -0.1) is 0 Å². The summed E-state index contributed by atoms with van der Waals surface area (Å²) in [5.41, 5.74) is 1.68. The number of aromatic nitrogens is 1. The molecule has 0 spiro atoms. The van der Waals surface area contributed by atoms with Crippen molar-refractivity contribution in [3.05, 3.63) is 24.0 Å². The summed E-state index contributed by atoms with van der Waals surface area (Å²) < 4.78 is 0. The van der Waals surface area contributed by atoms with Gasteiger partial charge in [0.2, 0.25) is 0 Å². The molecule has 1 heterocycles. The number of hydrogen-bond acceptors (Lipinski definition) is 3. The molecule has 0 saturated heterocycles. The Kier molecular flexibility index (Phi) is 4.09. The predicted molar refractivity (Wildman–Crippen MR) is 58.9 cm³/mol. The lowest BCUT2D eigenvalue weighted by Gasteiger charge is -2.14. The first-order valence-electron chi connectivity index (χ1n) is 5.05. The molecule has 0 fully saturated rings. The summed E-state index contributed by atoms with van der Waals surface area (Å²) in [6, 6.07) is 3.10. The highest BCUT2D eigenvalue weighted by molar-refractivity contribution is 5.77. The molecule has 0 aliphatic heterocycles. The number of aliphatic carboxylic acids is 1. The van der Waals surface area contributed by atoms with Crippen molar-refractivity contribution in [2.24, 2.45) is 0 Å². The van der Waals surface area contributed by atoms with Crippen molar-refractivity contribution in [2.45, 2.75) is 32.7 Å². The van der Waals surface area contributed by atoms with Crippen LogP contribution in [0.5, 0.6) is 0 Å². The Morgan fingerprint density at radius 3 is 2.93 bits per heavy atom. The molecule has 1 unspecified atom stereocenters. The Bertz CT molecular complexity index is 339. The summed E-state index contributed by atoms with van der Waals surface area (Å²) >= 11 is 0. The van der Waals surface area contributed by atoms with E-state index in [4.69, 9.17) is 5.11 Å². The lowest BCUT2D eigenvalue weighted by Crippen LogP contribution is -2.28. The maximum Gasteiger partial charge on any atom is 0.326 e. The molecule has 0 amide bonds.